The number of carbonyl (C=O) groups excluding carboxylic acids is 1. The summed E-state index contributed by atoms with van der Waals surface area (Å²) in [5.74, 6) is -1.01. The molecular formula is C7H13NO3. The van der Waals surface area contributed by atoms with Crippen LogP contribution < -0.4 is 5.32 Å². The Bertz CT molecular complexity index is 156. The van der Waals surface area contributed by atoms with Crippen LogP contribution in [0.1, 0.15) is 26.7 Å². The lowest BCUT2D eigenvalue weighted by atomic mass is 10.2. The topological polar surface area (TPSA) is 66.4 Å². The third-order valence-electron chi connectivity index (χ3n) is 1.21. The van der Waals surface area contributed by atoms with Crippen LogP contribution in [-0.2, 0) is 9.59 Å². The Morgan fingerprint density at radius 3 is 2.45 bits per heavy atom. The number of carboxylic acid groups (broad SMARTS) is 1. The highest BCUT2D eigenvalue weighted by Gasteiger charge is 2.08. The van der Waals surface area contributed by atoms with E-state index in [1.165, 1.54) is 0 Å². The number of aliphatic carboxylic acids is 1. The van der Waals surface area contributed by atoms with Crippen LogP contribution in [0.15, 0.2) is 0 Å². The second-order valence-corrected chi connectivity index (χ2v) is 2.42. The summed E-state index contributed by atoms with van der Waals surface area (Å²) in [6.45, 7) is 3.39. The average Bonchev–Trinajstić information content (AvgIpc) is 1.85. The van der Waals surface area contributed by atoms with Gasteiger partial charge >= 0.3 is 5.97 Å². The first kappa shape index (κ1) is 9.94. The van der Waals surface area contributed by atoms with Crippen molar-refractivity contribution in [2.24, 2.45) is 0 Å². The molecule has 64 valence electrons. The number of rotatable bonds is 4. The van der Waals surface area contributed by atoms with Crippen molar-refractivity contribution in [1.82, 2.24) is 5.32 Å². The van der Waals surface area contributed by atoms with Crippen molar-refractivity contribution < 1.29 is 14.7 Å². The lowest BCUT2D eigenvalue weighted by Gasteiger charge is -2.09. The molecule has 2 N–H and O–H groups in total. The van der Waals surface area contributed by atoms with Gasteiger partial charge in [-0.15, -0.1) is 0 Å². The maximum Gasteiger partial charge on any atom is 0.305 e. The van der Waals surface area contributed by atoms with E-state index in [4.69, 9.17) is 5.11 Å². The van der Waals surface area contributed by atoms with E-state index in [1.54, 1.807) is 13.8 Å². The first-order valence-corrected chi connectivity index (χ1v) is 3.57. The van der Waals surface area contributed by atoms with Gasteiger partial charge in [-0.25, -0.2) is 0 Å². The second kappa shape index (κ2) is 4.71. The molecule has 0 saturated heterocycles. The van der Waals surface area contributed by atoms with Gasteiger partial charge in [-0.1, -0.05) is 6.92 Å². The summed E-state index contributed by atoms with van der Waals surface area (Å²) in [6, 6.07) is -0.278. The molecule has 0 spiro atoms. The van der Waals surface area contributed by atoms with Crippen LogP contribution in [0.3, 0.4) is 0 Å². The minimum atomic E-state index is -0.895. The minimum absolute atomic E-state index is 0.0221. The normalized spacial score (nSPS) is 12.2. The third kappa shape index (κ3) is 5.39. The maximum absolute atomic E-state index is 10.7. The summed E-state index contributed by atoms with van der Waals surface area (Å²) in [5.41, 5.74) is 0. The highest BCUT2D eigenvalue weighted by molar-refractivity contribution is 5.76. The van der Waals surface area contributed by atoms with E-state index in [0.29, 0.717) is 6.42 Å². The zero-order chi connectivity index (χ0) is 8.85. The van der Waals surface area contributed by atoms with Crippen LogP contribution in [-0.4, -0.2) is 23.0 Å². The molecule has 0 aromatic carbocycles. The van der Waals surface area contributed by atoms with E-state index >= 15 is 0 Å². The number of hydrogen-bond acceptors (Lipinski definition) is 2. The molecule has 0 fully saturated rings. The van der Waals surface area contributed by atoms with Gasteiger partial charge < -0.3 is 10.4 Å². The molecule has 0 aromatic rings. The van der Waals surface area contributed by atoms with Crippen molar-refractivity contribution in [1.29, 1.82) is 0 Å². The van der Waals surface area contributed by atoms with E-state index in [-0.39, 0.29) is 18.4 Å². The fourth-order valence-corrected chi connectivity index (χ4v) is 0.690. The van der Waals surface area contributed by atoms with Gasteiger partial charge in [0.25, 0.3) is 0 Å². The Morgan fingerprint density at radius 2 is 2.09 bits per heavy atom. The second-order valence-electron chi connectivity index (χ2n) is 2.42. The fraction of sp³-hybridized carbons (Fsp3) is 0.714. The monoisotopic (exact) mass is 159 g/mol. The van der Waals surface area contributed by atoms with Gasteiger partial charge in [0.1, 0.15) is 0 Å². The van der Waals surface area contributed by atoms with Crippen LogP contribution in [0.25, 0.3) is 0 Å². The largest absolute Gasteiger partial charge is 0.481 e. The molecule has 11 heavy (non-hydrogen) atoms. The smallest absolute Gasteiger partial charge is 0.305 e. The first-order chi connectivity index (χ1) is 5.06. The summed E-state index contributed by atoms with van der Waals surface area (Å²) in [5, 5.41) is 10.9. The standard InChI is InChI=1S/C7H13NO3/c1-3-6(9)8-5(2)4-7(10)11/h5H,3-4H2,1-2H3,(H,8,9)(H,10,11). The molecule has 0 saturated carbocycles. The van der Waals surface area contributed by atoms with Crippen LogP contribution >= 0.6 is 0 Å². The quantitative estimate of drug-likeness (QED) is 0.623. The van der Waals surface area contributed by atoms with Gasteiger partial charge in [-0.2, -0.15) is 0 Å². The van der Waals surface area contributed by atoms with Gasteiger partial charge in [0.2, 0.25) is 5.91 Å². The Balaban J connectivity index is 3.60. The van der Waals surface area contributed by atoms with E-state index in [9.17, 15) is 9.59 Å². The summed E-state index contributed by atoms with van der Waals surface area (Å²) >= 11 is 0. The Kier molecular flexibility index (Phi) is 4.26. The molecule has 0 radical (unpaired) electrons. The van der Waals surface area contributed by atoms with Crippen molar-refractivity contribution >= 4 is 11.9 Å². The van der Waals surface area contributed by atoms with Gasteiger partial charge in [0.05, 0.1) is 6.42 Å². The van der Waals surface area contributed by atoms with Crippen LogP contribution in [0.2, 0.25) is 0 Å². The summed E-state index contributed by atoms with van der Waals surface area (Å²) in [7, 11) is 0. The zero-order valence-electron chi connectivity index (χ0n) is 6.76. The summed E-state index contributed by atoms with van der Waals surface area (Å²) < 4.78 is 0. The third-order valence-corrected chi connectivity index (χ3v) is 1.21. The Labute approximate surface area is 65.6 Å². The van der Waals surface area contributed by atoms with E-state index in [0.717, 1.165) is 0 Å². The van der Waals surface area contributed by atoms with Crippen molar-refractivity contribution in [3.63, 3.8) is 0 Å². The van der Waals surface area contributed by atoms with E-state index in [1.807, 2.05) is 0 Å². The highest BCUT2D eigenvalue weighted by atomic mass is 16.4. The van der Waals surface area contributed by atoms with Gasteiger partial charge in [0.15, 0.2) is 0 Å². The molecule has 1 amide bonds. The predicted molar refractivity (Wildman–Crippen MR) is 40.1 cm³/mol. The molecule has 4 nitrogen and oxygen atoms in total. The minimum Gasteiger partial charge on any atom is -0.481 e. The molecule has 0 aliphatic heterocycles. The molecule has 1 atom stereocenters. The number of carboxylic acids is 1. The SMILES string of the molecule is CCC(=O)NC(C)CC(=O)O. The Morgan fingerprint density at radius 1 is 1.55 bits per heavy atom. The summed E-state index contributed by atoms with van der Waals surface area (Å²) in [6.07, 6.45) is 0.371. The van der Waals surface area contributed by atoms with Crippen LogP contribution in [0, 0.1) is 0 Å². The van der Waals surface area contributed by atoms with Gasteiger partial charge in [-0.05, 0) is 6.92 Å². The molecular weight excluding hydrogens is 146 g/mol. The predicted octanol–water partition coefficient (Wildman–Crippen LogP) is 0.376. The number of carbonyl (C=O) groups is 2. The number of hydrogen-bond donors (Lipinski definition) is 2. The molecule has 1 unspecified atom stereocenters. The van der Waals surface area contributed by atoms with Gasteiger partial charge in [0, 0.05) is 12.5 Å². The first-order valence-electron chi connectivity index (χ1n) is 3.57. The summed E-state index contributed by atoms with van der Waals surface area (Å²) in [4.78, 5) is 20.8. The molecule has 0 aliphatic rings. The zero-order valence-corrected chi connectivity index (χ0v) is 6.76. The highest BCUT2D eigenvalue weighted by Crippen LogP contribution is 1.90. The van der Waals surface area contributed by atoms with E-state index in [2.05, 4.69) is 5.32 Å². The molecule has 0 rings (SSSR count). The molecule has 0 heterocycles. The van der Waals surface area contributed by atoms with Crippen LogP contribution in [0.4, 0.5) is 0 Å². The fourth-order valence-electron chi connectivity index (χ4n) is 0.690. The lowest BCUT2D eigenvalue weighted by Crippen LogP contribution is -2.33. The molecule has 0 aromatic heterocycles. The van der Waals surface area contributed by atoms with Crippen molar-refractivity contribution in [2.75, 3.05) is 0 Å². The number of nitrogens with one attached hydrogen (secondary N) is 1. The van der Waals surface area contributed by atoms with Crippen molar-refractivity contribution in [3.05, 3.63) is 0 Å². The maximum atomic E-state index is 10.7. The van der Waals surface area contributed by atoms with Gasteiger partial charge in [-0.3, -0.25) is 9.59 Å². The van der Waals surface area contributed by atoms with Crippen molar-refractivity contribution in [2.45, 2.75) is 32.7 Å². The molecule has 4 heteroatoms. The molecule has 0 aliphatic carbocycles. The Hall–Kier alpha value is -1.06. The van der Waals surface area contributed by atoms with E-state index < -0.39 is 5.97 Å². The van der Waals surface area contributed by atoms with Crippen LogP contribution in [0.5, 0.6) is 0 Å². The molecule has 0 bridgehead atoms. The number of amides is 1. The average molecular weight is 159 g/mol. The van der Waals surface area contributed by atoms with Crippen molar-refractivity contribution in [3.8, 4) is 0 Å². The lowest BCUT2D eigenvalue weighted by molar-refractivity contribution is -0.137.